The monoisotopic (exact) mass is 747 g/mol. The van der Waals surface area contributed by atoms with Gasteiger partial charge in [0.25, 0.3) is 0 Å². The lowest BCUT2D eigenvalue weighted by atomic mass is 9.97. The second-order valence-electron chi connectivity index (χ2n) is 15.6. The van der Waals surface area contributed by atoms with Gasteiger partial charge in [-0.05, 0) is 113 Å². The summed E-state index contributed by atoms with van der Waals surface area (Å²) in [5.41, 5.74) is -1.36. The number of hydrogen-bond donors (Lipinski definition) is 6. The van der Waals surface area contributed by atoms with Crippen LogP contribution in [0.4, 0.5) is 14.4 Å². The first-order chi connectivity index (χ1) is 24.8. The number of aliphatic imine (C=N–C) groups is 1. The fourth-order valence-corrected chi connectivity index (χ4v) is 4.60. The molecular formula is C38H65N7O8. The lowest BCUT2D eigenvalue weighted by Gasteiger charge is -2.22. The van der Waals surface area contributed by atoms with Crippen molar-refractivity contribution >= 4 is 36.1 Å². The first-order valence-electron chi connectivity index (χ1n) is 18.6. The highest BCUT2D eigenvalue weighted by Gasteiger charge is 2.28. The molecule has 1 rings (SSSR count). The zero-order chi connectivity index (χ0) is 39.9. The van der Waals surface area contributed by atoms with Crippen molar-refractivity contribution in [3.63, 3.8) is 0 Å². The molecule has 1 aromatic carbocycles. The Morgan fingerprint density at radius 2 is 0.981 bits per heavy atom. The average Bonchev–Trinajstić information content (AvgIpc) is 3.01. The van der Waals surface area contributed by atoms with Crippen molar-refractivity contribution in [2.24, 2.45) is 4.99 Å². The molecule has 0 bridgehead atoms. The molecule has 53 heavy (non-hydrogen) atoms. The summed E-state index contributed by atoms with van der Waals surface area (Å²) in [6, 6.07) is 8.99. The van der Waals surface area contributed by atoms with Crippen LogP contribution in [0.3, 0.4) is 0 Å². The van der Waals surface area contributed by atoms with E-state index in [0.29, 0.717) is 44.6 Å². The van der Waals surface area contributed by atoms with Gasteiger partial charge in [-0.2, -0.15) is 0 Å². The Labute approximate surface area is 315 Å². The van der Waals surface area contributed by atoms with Gasteiger partial charge in [0, 0.05) is 26.2 Å². The lowest BCUT2D eigenvalue weighted by Crippen LogP contribution is -2.47. The van der Waals surface area contributed by atoms with E-state index >= 15 is 0 Å². The molecule has 0 saturated heterocycles. The largest absolute Gasteiger partial charge is 0.444 e. The number of hydrogen-bond acceptors (Lipinski definition) is 10. The molecule has 0 heterocycles. The first kappa shape index (κ1) is 46.6. The third kappa shape index (κ3) is 25.3. The van der Waals surface area contributed by atoms with E-state index in [9.17, 15) is 24.0 Å². The second-order valence-corrected chi connectivity index (χ2v) is 15.6. The summed E-state index contributed by atoms with van der Waals surface area (Å²) in [5.74, 6) is -1.73. The van der Waals surface area contributed by atoms with E-state index in [2.05, 4.69) is 36.9 Å². The van der Waals surface area contributed by atoms with E-state index in [0.717, 1.165) is 45.2 Å². The number of rotatable bonds is 19. The predicted octanol–water partition coefficient (Wildman–Crippen LogP) is 5.25. The quantitative estimate of drug-likeness (QED) is 0.0360. The maximum absolute atomic E-state index is 13.2. The highest BCUT2D eigenvalue weighted by molar-refractivity contribution is 6.05. The maximum atomic E-state index is 13.2. The standard InChI is InChI=1S/C38H65N7O8/c1-36(2,3)51-33(48)43-27-19-23-39-22-17-18-25-41-31(47)29(28-20-13-12-14-21-28)30(46)40-24-15-10-11-16-26-42-32(44-34(49)52-37(4,5)6)45-35(50)53-38(7,8)9/h12-14,20-21,29,39H,10-11,15-19,22-27H2,1-9H3,(H,40,46)(H,41,47)(H,43,48)(H2,42,44,45,49,50). The van der Waals surface area contributed by atoms with E-state index in [4.69, 9.17) is 14.2 Å². The molecule has 1 atom stereocenters. The topological polar surface area (TPSA) is 198 Å². The van der Waals surface area contributed by atoms with Crippen LogP contribution < -0.4 is 31.9 Å². The maximum Gasteiger partial charge on any atom is 0.414 e. The van der Waals surface area contributed by atoms with Crippen LogP contribution in [-0.2, 0) is 23.8 Å². The fourth-order valence-electron chi connectivity index (χ4n) is 4.60. The van der Waals surface area contributed by atoms with Gasteiger partial charge < -0.3 is 35.5 Å². The van der Waals surface area contributed by atoms with Gasteiger partial charge >= 0.3 is 18.3 Å². The molecule has 1 aromatic rings. The fraction of sp³-hybridized carbons (Fsp3) is 0.684. The summed E-state index contributed by atoms with van der Waals surface area (Å²) in [5, 5.41) is 16.8. The predicted molar refractivity (Wildman–Crippen MR) is 206 cm³/mol. The van der Waals surface area contributed by atoms with Crippen LogP contribution in [0.1, 0.15) is 119 Å². The van der Waals surface area contributed by atoms with Gasteiger partial charge in [0.15, 0.2) is 0 Å². The molecule has 15 nitrogen and oxygen atoms in total. The number of alkyl carbamates (subject to hydrolysis) is 3. The number of nitrogens with zero attached hydrogens (tertiary/aromatic N) is 1. The van der Waals surface area contributed by atoms with Crippen LogP contribution in [0.5, 0.6) is 0 Å². The van der Waals surface area contributed by atoms with Gasteiger partial charge in [0.1, 0.15) is 22.7 Å². The minimum absolute atomic E-state index is 0.0656. The molecule has 0 aliphatic rings. The third-order valence-electron chi connectivity index (χ3n) is 6.83. The molecule has 0 aromatic heterocycles. The number of nitrogens with one attached hydrogen (secondary N) is 6. The summed E-state index contributed by atoms with van der Waals surface area (Å²) >= 11 is 0. The van der Waals surface area contributed by atoms with Crippen LogP contribution in [0, 0.1) is 0 Å². The minimum Gasteiger partial charge on any atom is -0.444 e. The van der Waals surface area contributed by atoms with Crippen molar-refractivity contribution in [2.75, 3.05) is 39.3 Å². The Balaban J connectivity index is 2.45. The lowest BCUT2D eigenvalue weighted by molar-refractivity contribution is -0.131. The van der Waals surface area contributed by atoms with Crippen molar-refractivity contribution in [1.82, 2.24) is 31.9 Å². The van der Waals surface area contributed by atoms with Crippen LogP contribution in [0.25, 0.3) is 0 Å². The highest BCUT2D eigenvalue weighted by Crippen LogP contribution is 2.16. The van der Waals surface area contributed by atoms with Crippen molar-refractivity contribution in [3.05, 3.63) is 35.9 Å². The van der Waals surface area contributed by atoms with Gasteiger partial charge in [-0.1, -0.05) is 43.2 Å². The Morgan fingerprint density at radius 1 is 0.547 bits per heavy atom. The number of guanidine groups is 1. The number of amides is 5. The van der Waals surface area contributed by atoms with E-state index in [1.54, 1.807) is 65.8 Å². The van der Waals surface area contributed by atoms with E-state index in [1.165, 1.54) is 0 Å². The summed E-state index contributed by atoms with van der Waals surface area (Å²) in [6.45, 7) is 19.0. The summed E-state index contributed by atoms with van der Waals surface area (Å²) in [6.07, 6.45) is 3.37. The molecular weight excluding hydrogens is 682 g/mol. The molecule has 0 radical (unpaired) electrons. The molecule has 5 amide bonds. The highest BCUT2D eigenvalue weighted by atomic mass is 16.6. The third-order valence-corrected chi connectivity index (χ3v) is 6.83. The zero-order valence-electron chi connectivity index (χ0n) is 33.4. The second kappa shape index (κ2) is 24.0. The van der Waals surface area contributed by atoms with Crippen LogP contribution in [0.2, 0.25) is 0 Å². The Bertz CT molecular complexity index is 1270. The molecule has 0 spiro atoms. The molecule has 1 unspecified atom stereocenters. The van der Waals surface area contributed by atoms with Gasteiger partial charge in [0.2, 0.25) is 17.8 Å². The first-order valence-corrected chi connectivity index (χ1v) is 18.6. The number of benzene rings is 1. The molecule has 0 fully saturated rings. The summed E-state index contributed by atoms with van der Waals surface area (Å²) in [4.78, 5) is 66.9. The van der Waals surface area contributed by atoms with Crippen molar-refractivity contribution in [1.29, 1.82) is 0 Å². The molecule has 15 heteroatoms. The summed E-state index contributed by atoms with van der Waals surface area (Å²) in [7, 11) is 0. The van der Waals surface area contributed by atoms with E-state index in [-0.39, 0.29) is 17.8 Å². The summed E-state index contributed by atoms with van der Waals surface area (Å²) < 4.78 is 15.7. The van der Waals surface area contributed by atoms with Crippen molar-refractivity contribution in [2.45, 2.75) is 130 Å². The molecule has 0 aliphatic carbocycles. The Morgan fingerprint density at radius 3 is 1.51 bits per heavy atom. The molecule has 0 aliphatic heterocycles. The number of carbonyl (C=O) groups excluding carboxylic acids is 5. The number of unbranched alkanes of at least 4 members (excludes halogenated alkanes) is 4. The molecule has 300 valence electrons. The SMILES string of the molecule is CC(C)(C)OC(=O)NCCCNCCCCNC(=O)C(C(=O)NCCCCCCN=C(NC(=O)OC(C)(C)C)NC(=O)OC(C)(C)C)c1ccccc1. The normalized spacial score (nSPS) is 12.1. The smallest absolute Gasteiger partial charge is 0.414 e. The van der Waals surface area contributed by atoms with Crippen molar-refractivity contribution in [3.8, 4) is 0 Å². The average molecular weight is 748 g/mol. The van der Waals surface area contributed by atoms with Crippen LogP contribution >= 0.6 is 0 Å². The van der Waals surface area contributed by atoms with Gasteiger partial charge in [-0.25, -0.2) is 14.4 Å². The minimum atomic E-state index is -0.963. The van der Waals surface area contributed by atoms with E-state index < -0.39 is 41.0 Å². The number of ether oxygens (including phenoxy) is 3. The van der Waals surface area contributed by atoms with Gasteiger partial charge in [-0.15, -0.1) is 0 Å². The Hall–Kier alpha value is -4.40. The van der Waals surface area contributed by atoms with Crippen molar-refractivity contribution < 1.29 is 38.2 Å². The van der Waals surface area contributed by atoms with E-state index in [1.807, 2.05) is 26.8 Å². The van der Waals surface area contributed by atoms with Crippen LogP contribution in [0.15, 0.2) is 35.3 Å². The zero-order valence-corrected chi connectivity index (χ0v) is 33.4. The molecule has 6 N–H and O–H groups in total. The van der Waals surface area contributed by atoms with Crippen LogP contribution in [-0.4, -0.2) is 92.1 Å². The van der Waals surface area contributed by atoms with Gasteiger partial charge in [0.05, 0.1) is 0 Å². The van der Waals surface area contributed by atoms with Gasteiger partial charge in [-0.3, -0.25) is 25.2 Å². The Kier molecular flexibility index (Phi) is 21.1. The number of carbonyl (C=O) groups is 5. The molecule has 0 saturated carbocycles.